The van der Waals surface area contributed by atoms with Gasteiger partial charge in [-0.2, -0.15) is 25.9 Å². The lowest BCUT2D eigenvalue weighted by Gasteiger charge is -2.20. The summed E-state index contributed by atoms with van der Waals surface area (Å²) >= 11 is 0. The predicted molar refractivity (Wildman–Crippen MR) is 132 cm³/mol. The molecule has 198 valence electrons. The number of hydrogen-bond donors (Lipinski definition) is 0. The molecule has 3 rings (SSSR count). The second-order valence-corrected chi connectivity index (χ2v) is 11.2. The minimum atomic E-state index is -4.71. The second-order valence-electron chi connectivity index (χ2n) is 7.79. The summed E-state index contributed by atoms with van der Waals surface area (Å²) < 4.78 is 101. The van der Waals surface area contributed by atoms with Crippen LogP contribution in [-0.4, -0.2) is 41.4 Å². The van der Waals surface area contributed by atoms with Crippen LogP contribution >= 0.6 is 0 Å². The Morgan fingerprint density at radius 2 is 1.57 bits per heavy atom. The molecule has 0 unspecified atom stereocenters. The van der Waals surface area contributed by atoms with Gasteiger partial charge in [0.2, 0.25) is 10.0 Å². The average molecular weight is 556 g/mol. The molecule has 0 saturated heterocycles. The van der Waals surface area contributed by atoms with Gasteiger partial charge < -0.3 is 8.92 Å². The highest BCUT2D eigenvalue weighted by Crippen LogP contribution is 2.31. The summed E-state index contributed by atoms with van der Waals surface area (Å²) in [5, 5.41) is 1.09. The molecule has 0 radical (unpaired) electrons. The minimum absolute atomic E-state index is 0.0362. The van der Waals surface area contributed by atoms with E-state index in [0.29, 0.717) is 17.2 Å². The topological polar surface area (TPSA) is 90.0 Å². The van der Waals surface area contributed by atoms with Crippen LogP contribution in [0, 0.1) is 0 Å². The van der Waals surface area contributed by atoms with Crippen LogP contribution in [0.3, 0.4) is 0 Å². The number of sulfonamides is 1. The standard InChI is InChI=1S/C25H24F3NO6S2/c1-34-16-15-29(36(30,31)17-14-20-6-3-2-4-7-20)19-21-10-12-23(13-11-21)35-37(32,33)24-9-5-8-22(18-24)25(26,27)28/h2-14,17-18H,15-16,19H2,1H3. The zero-order valence-electron chi connectivity index (χ0n) is 19.6. The number of ether oxygens (including phenoxy) is 1. The van der Waals surface area contributed by atoms with E-state index in [0.717, 1.165) is 23.6 Å². The third-order valence-corrected chi connectivity index (χ3v) is 7.83. The molecule has 0 saturated carbocycles. The van der Waals surface area contributed by atoms with E-state index >= 15 is 0 Å². The molecule has 3 aromatic rings. The van der Waals surface area contributed by atoms with Crippen LogP contribution < -0.4 is 4.18 Å². The Morgan fingerprint density at radius 3 is 2.19 bits per heavy atom. The highest BCUT2D eigenvalue weighted by molar-refractivity contribution is 7.92. The van der Waals surface area contributed by atoms with E-state index in [1.54, 1.807) is 24.3 Å². The zero-order chi connectivity index (χ0) is 27.1. The van der Waals surface area contributed by atoms with Crippen LogP contribution in [0.5, 0.6) is 5.75 Å². The first-order valence-corrected chi connectivity index (χ1v) is 13.7. The first-order chi connectivity index (χ1) is 17.4. The molecule has 37 heavy (non-hydrogen) atoms. The van der Waals surface area contributed by atoms with Gasteiger partial charge in [-0.1, -0.05) is 48.5 Å². The van der Waals surface area contributed by atoms with Crippen molar-refractivity contribution in [3.63, 3.8) is 0 Å². The minimum Gasteiger partial charge on any atom is -0.383 e. The van der Waals surface area contributed by atoms with Gasteiger partial charge in [0.15, 0.2) is 0 Å². The molecule has 0 atom stereocenters. The van der Waals surface area contributed by atoms with Crippen molar-refractivity contribution in [3.05, 3.63) is 101 Å². The molecule has 7 nitrogen and oxygen atoms in total. The lowest BCUT2D eigenvalue weighted by molar-refractivity contribution is -0.137. The van der Waals surface area contributed by atoms with Crippen LogP contribution in [-0.2, 0) is 37.6 Å². The normalized spacial score (nSPS) is 12.8. The smallest absolute Gasteiger partial charge is 0.383 e. The molecule has 0 heterocycles. The van der Waals surface area contributed by atoms with Gasteiger partial charge in [0, 0.05) is 25.6 Å². The van der Waals surface area contributed by atoms with Crippen molar-refractivity contribution in [1.82, 2.24) is 4.31 Å². The summed E-state index contributed by atoms with van der Waals surface area (Å²) in [4.78, 5) is -0.645. The molecule has 0 aliphatic rings. The van der Waals surface area contributed by atoms with E-state index in [9.17, 15) is 30.0 Å². The van der Waals surface area contributed by atoms with E-state index in [-0.39, 0.29) is 25.4 Å². The first-order valence-electron chi connectivity index (χ1n) is 10.8. The van der Waals surface area contributed by atoms with Crippen molar-refractivity contribution >= 4 is 26.2 Å². The Kier molecular flexibility index (Phi) is 9.13. The Morgan fingerprint density at radius 1 is 0.892 bits per heavy atom. The van der Waals surface area contributed by atoms with Crippen LogP contribution in [0.25, 0.3) is 6.08 Å². The quantitative estimate of drug-likeness (QED) is 0.312. The molecular weight excluding hydrogens is 531 g/mol. The third-order valence-electron chi connectivity index (χ3n) is 5.07. The van der Waals surface area contributed by atoms with Crippen LogP contribution in [0.2, 0.25) is 0 Å². The average Bonchev–Trinajstić information content (AvgIpc) is 2.86. The molecule has 0 aliphatic heterocycles. The number of hydrogen-bond acceptors (Lipinski definition) is 6. The number of nitrogens with zero attached hydrogens (tertiary/aromatic N) is 1. The molecule has 3 aromatic carbocycles. The molecule has 0 N–H and O–H groups in total. The van der Waals surface area contributed by atoms with Gasteiger partial charge in [-0.05, 0) is 47.5 Å². The SMILES string of the molecule is COCCN(Cc1ccc(OS(=O)(=O)c2cccc(C(F)(F)F)c2)cc1)S(=O)(=O)C=Cc1ccccc1. The Bertz CT molecular complexity index is 1420. The summed E-state index contributed by atoms with van der Waals surface area (Å²) in [5.74, 6) is -0.142. The zero-order valence-corrected chi connectivity index (χ0v) is 21.3. The second kappa shape index (κ2) is 11.9. The summed E-state index contributed by atoms with van der Waals surface area (Å²) in [6, 6.07) is 17.6. The van der Waals surface area contributed by atoms with Gasteiger partial charge in [-0.3, -0.25) is 0 Å². The van der Waals surface area contributed by atoms with Crippen molar-refractivity contribution in [1.29, 1.82) is 0 Å². The maximum atomic E-state index is 12.9. The lowest BCUT2D eigenvalue weighted by Crippen LogP contribution is -2.32. The monoisotopic (exact) mass is 555 g/mol. The van der Waals surface area contributed by atoms with Gasteiger partial charge in [0.1, 0.15) is 10.6 Å². The van der Waals surface area contributed by atoms with Crippen LogP contribution in [0.15, 0.2) is 89.2 Å². The molecule has 0 amide bonds. The fourth-order valence-corrected chi connectivity index (χ4v) is 5.30. The number of methoxy groups -OCH3 is 1. The van der Waals surface area contributed by atoms with E-state index in [1.807, 2.05) is 6.07 Å². The fraction of sp³-hybridized carbons (Fsp3) is 0.200. The molecule has 0 spiro atoms. The van der Waals surface area contributed by atoms with E-state index in [4.69, 9.17) is 8.92 Å². The van der Waals surface area contributed by atoms with Crippen molar-refractivity contribution in [2.24, 2.45) is 0 Å². The van der Waals surface area contributed by atoms with Gasteiger partial charge in [-0.25, -0.2) is 8.42 Å². The maximum Gasteiger partial charge on any atom is 0.416 e. The van der Waals surface area contributed by atoms with Gasteiger partial charge in [-0.15, -0.1) is 0 Å². The van der Waals surface area contributed by atoms with Crippen molar-refractivity contribution in [3.8, 4) is 5.75 Å². The van der Waals surface area contributed by atoms with Gasteiger partial charge in [0.25, 0.3) is 0 Å². The van der Waals surface area contributed by atoms with E-state index < -0.39 is 36.8 Å². The van der Waals surface area contributed by atoms with Crippen LogP contribution in [0.4, 0.5) is 13.2 Å². The molecule has 0 aliphatic carbocycles. The Labute approximate surface area is 213 Å². The third kappa shape index (κ3) is 8.15. The summed E-state index contributed by atoms with van der Waals surface area (Å²) in [7, 11) is -6.92. The van der Waals surface area contributed by atoms with Crippen molar-refractivity contribution < 1.29 is 38.9 Å². The molecule has 12 heteroatoms. The molecule has 0 aromatic heterocycles. The molecule has 0 bridgehead atoms. The number of benzene rings is 3. The fourth-order valence-electron chi connectivity index (χ4n) is 3.16. The highest BCUT2D eigenvalue weighted by Gasteiger charge is 2.32. The van der Waals surface area contributed by atoms with Crippen molar-refractivity contribution in [2.45, 2.75) is 17.6 Å². The Hall–Kier alpha value is -3.19. The van der Waals surface area contributed by atoms with Gasteiger partial charge >= 0.3 is 16.3 Å². The number of alkyl halides is 3. The Balaban J connectivity index is 1.75. The van der Waals surface area contributed by atoms with Crippen molar-refractivity contribution in [2.75, 3.05) is 20.3 Å². The summed E-state index contributed by atoms with van der Waals surface area (Å²) in [5.41, 5.74) is 0.115. The van der Waals surface area contributed by atoms with E-state index in [2.05, 4.69) is 0 Å². The number of rotatable bonds is 11. The highest BCUT2D eigenvalue weighted by atomic mass is 32.2. The van der Waals surface area contributed by atoms with Crippen LogP contribution in [0.1, 0.15) is 16.7 Å². The number of halogens is 3. The summed E-state index contributed by atoms with van der Waals surface area (Å²) in [6.45, 7) is 0.181. The lowest BCUT2D eigenvalue weighted by atomic mass is 10.2. The largest absolute Gasteiger partial charge is 0.416 e. The molecular formula is C25H24F3NO6S2. The first kappa shape index (κ1) is 28.4. The summed E-state index contributed by atoms with van der Waals surface area (Å²) in [6.07, 6.45) is -3.23. The maximum absolute atomic E-state index is 12.9. The predicted octanol–water partition coefficient (Wildman–Crippen LogP) is 4.92. The molecule has 0 fully saturated rings. The van der Waals surface area contributed by atoms with Gasteiger partial charge in [0.05, 0.1) is 12.2 Å². The van der Waals surface area contributed by atoms with E-state index in [1.165, 1.54) is 41.8 Å².